The van der Waals surface area contributed by atoms with Gasteiger partial charge in [-0.15, -0.1) is 0 Å². The number of carbonyl (C=O) groups excluding carboxylic acids is 2. The Morgan fingerprint density at radius 3 is 2.67 bits per heavy atom. The first-order valence-electron chi connectivity index (χ1n) is 4.05. The smallest absolute Gasteiger partial charge is 0.351 e. The van der Waals surface area contributed by atoms with Crippen LogP contribution in [-0.2, 0) is 4.94 Å². The summed E-state index contributed by atoms with van der Waals surface area (Å²) in [5, 5.41) is 2.30. The molecule has 1 rings (SSSR count). The van der Waals surface area contributed by atoms with Gasteiger partial charge in [0.25, 0.3) is 0 Å². The molecule has 0 bridgehead atoms. The fourth-order valence-corrected chi connectivity index (χ4v) is 1.17. The van der Waals surface area contributed by atoms with E-state index in [1.54, 1.807) is 0 Å². The molecule has 0 atom stereocenters. The Labute approximate surface area is 84.9 Å². The Morgan fingerprint density at radius 2 is 2.13 bits per heavy atom. The second kappa shape index (κ2) is 4.41. The van der Waals surface area contributed by atoms with E-state index >= 15 is 0 Å². The molecule has 80 valence electrons. The molecule has 0 radical (unpaired) electrons. The molecule has 6 heteroatoms. The van der Waals surface area contributed by atoms with Gasteiger partial charge in [-0.2, -0.15) is 0 Å². The van der Waals surface area contributed by atoms with Crippen molar-refractivity contribution in [3.8, 4) is 0 Å². The zero-order valence-corrected chi connectivity index (χ0v) is 7.91. The first-order valence-corrected chi connectivity index (χ1v) is 4.05. The van der Waals surface area contributed by atoms with E-state index in [0.717, 1.165) is 0 Å². The number of hydrogen-bond acceptors (Lipinski definition) is 3. The molecule has 5 nitrogen and oxygen atoms in total. The molecule has 0 aromatic heterocycles. The summed E-state index contributed by atoms with van der Waals surface area (Å²) < 4.78 is 11.7. The van der Waals surface area contributed by atoms with Crippen LogP contribution in [-0.4, -0.2) is 12.0 Å². The number of anilines is 1. The maximum Gasteiger partial charge on any atom is 0.379 e. The number of rotatable bonds is 2. The summed E-state index contributed by atoms with van der Waals surface area (Å²) in [6.45, 7) is 1.54. The highest BCUT2D eigenvalue weighted by Gasteiger charge is 2.13. The highest BCUT2D eigenvalue weighted by molar-refractivity contribution is 5.95. The van der Waals surface area contributed by atoms with Crippen LogP contribution >= 0.6 is 0 Å². The quantitative estimate of drug-likeness (QED) is 0.779. The molecule has 0 saturated carbocycles. The van der Waals surface area contributed by atoms with E-state index in [-0.39, 0.29) is 5.56 Å². The van der Waals surface area contributed by atoms with Crippen LogP contribution in [0.2, 0.25) is 0 Å². The summed E-state index contributed by atoms with van der Waals surface area (Å²) >= 11 is 0. The molecule has 0 heterocycles. The van der Waals surface area contributed by atoms with Crippen LogP contribution in [0.3, 0.4) is 0 Å². The molecule has 2 amide bonds. The molecule has 15 heavy (non-hydrogen) atoms. The molecule has 0 saturated heterocycles. The van der Waals surface area contributed by atoms with E-state index in [9.17, 15) is 14.1 Å². The minimum Gasteiger partial charge on any atom is -0.351 e. The number of primary amides is 1. The van der Waals surface area contributed by atoms with E-state index in [1.165, 1.54) is 25.1 Å². The van der Waals surface area contributed by atoms with Crippen LogP contribution in [0.4, 0.5) is 15.0 Å². The normalized spacial score (nSPS) is 9.47. The van der Waals surface area contributed by atoms with Crippen molar-refractivity contribution in [1.29, 1.82) is 0 Å². The van der Waals surface area contributed by atoms with Gasteiger partial charge >= 0.3 is 12.0 Å². The van der Waals surface area contributed by atoms with Gasteiger partial charge in [0.15, 0.2) is 0 Å². The molecule has 1 aromatic rings. The number of urea groups is 1. The van der Waals surface area contributed by atoms with Gasteiger partial charge in [-0.1, -0.05) is 6.07 Å². The average Bonchev–Trinajstić information content (AvgIpc) is 2.19. The van der Waals surface area contributed by atoms with Crippen LogP contribution in [0.25, 0.3) is 0 Å². The molecular formula is C9H9FN2O3. The van der Waals surface area contributed by atoms with E-state index in [2.05, 4.69) is 10.3 Å². The monoisotopic (exact) mass is 212 g/mol. The van der Waals surface area contributed by atoms with Gasteiger partial charge in [-0.05, 0) is 24.6 Å². The van der Waals surface area contributed by atoms with Gasteiger partial charge in [-0.3, -0.25) is 0 Å². The number of benzene rings is 1. The Hall–Kier alpha value is -2.11. The summed E-state index contributed by atoms with van der Waals surface area (Å²) in [4.78, 5) is 24.6. The Morgan fingerprint density at radius 1 is 1.47 bits per heavy atom. The van der Waals surface area contributed by atoms with E-state index in [4.69, 9.17) is 5.73 Å². The maximum atomic E-state index is 11.7. The number of hydrogen-bond donors (Lipinski definition) is 2. The molecule has 1 aromatic carbocycles. The molecule has 3 N–H and O–H groups in total. The fourth-order valence-electron chi connectivity index (χ4n) is 1.17. The number of amides is 2. The third kappa shape index (κ3) is 2.43. The molecule has 0 spiro atoms. The van der Waals surface area contributed by atoms with Gasteiger partial charge < -0.3 is 11.1 Å². The number of carbonyl (C=O) groups is 2. The summed E-state index contributed by atoms with van der Waals surface area (Å²) in [5.41, 5.74) is 5.67. The number of nitrogens with one attached hydrogen (secondary N) is 1. The average molecular weight is 212 g/mol. The van der Waals surface area contributed by atoms with Crippen molar-refractivity contribution in [2.24, 2.45) is 5.73 Å². The lowest BCUT2D eigenvalue weighted by molar-refractivity contribution is -0.0788. The van der Waals surface area contributed by atoms with E-state index < -0.39 is 12.0 Å². The van der Waals surface area contributed by atoms with Crippen LogP contribution in [0.1, 0.15) is 15.9 Å². The first kappa shape index (κ1) is 11.0. The number of halogens is 1. The predicted octanol–water partition coefficient (Wildman–Crippen LogP) is 1.53. The summed E-state index contributed by atoms with van der Waals surface area (Å²) in [5.74, 6) is -1.11. The summed E-state index contributed by atoms with van der Waals surface area (Å²) in [6.07, 6.45) is 0. The van der Waals surface area contributed by atoms with Crippen LogP contribution in [0.15, 0.2) is 18.2 Å². The van der Waals surface area contributed by atoms with Gasteiger partial charge in [0, 0.05) is 10.2 Å². The molecule has 0 fully saturated rings. The van der Waals surface area contributed by atoms with Crippen molar-refractivity contribution < 1.29 is 19.1 Å². The Kier molecular flexibility index (Phi) is 3.22. The second-order valence-corrected chi connectivity index (χ2v) is 2.83. The lowest BCUT2D eigenvalue weighted by atomic mass is 10.1. The van der Waals surface area contributed by atoms with Gasteiger partial charge in [-0.25, -0.2) is 14.5 Å². The SMILES string of the molecule is Cc1c(NC(N)=O)cccc1C(=O)OF. The van der Waals surface area contributed by atoms with Crippen molar-refractivity contribution in [2.75, 3.05) is 5.32 Å². The number of nitrogens with two attached hydrogens (primary N) is 1. The van der Waals surface area contributed by atoms with Crippen molar-refractivity contribution in [3.05, 3.63) is 29.3 Å². The van der Waals surface area contributed by atoms with Crippen molar-refractivity contribution >= 4 is 17.7 Å². The van der Waals surface area contributed by atoms with Crippen molar-refractivity contribution in [3.63, 3.8) is 0 Å². The highest BCUT2D eigenvalue weighted by Crippen LogP contribution is 2.19. The van der Waals surface area contributed by atoms with Crippen LogP contribution in [0, 0.1) is 6.92 Å². The highest BCUT2D eigenvalue weighted by atomic mass is 19.3. The molecule has 0 aliphatic heterocycles. The summed E-state index contributed by atoms with van der Waals surface area (Å²) in [6, 6.07) is 3.63. The second-order valence-electron chi connectivity index (χ2n) is 2.83. The van der Waals surface area contributed by atoms with E-state index in [0.29, 0.717) is 11.3 Å². The Balaban J connectivity index is 3.11. The van der Waals surface area contributed by atoms with Gasteiger partial charge in [0.05, 0.1) is 5.56 Å². The molecule has 0 unspecified atom stereocenters. The minimum atomic E-state index is -1.11. The molecule has 0 aliphatic carbocycles. The lowest BCUT2D eigenvalue weighted by Crippen LogP contribution is -2.20. The minimum absolute atomic E-state index is 0.0313. The maximum absolute atomic E-state index is 11.7. The van der Waals surface area contributed by atoms with Crippen LogP contribution in [0.5, 0.6) is 0 Å². The first-order chi connectivity index (χ1) is 7.06. The van der Waals surface area contributed by atoms with Crippen LogP contribution < -0.4 is 11.1 Å². The largest absolute Gasteiger partial charge is 0.379 e. The molecular weight excluding hydrogens is 203 g/mol. The zero-order valence-electron chi connectivity index (χ0n) is 7.91. The van der Waals surface area contributed by atoms with Crippen molar-refractivity contribution in [2.45, 2.75) is 6.92 Å². The van der Waals surface area contributed by atoms with Crippen molar-refractivity contribution in [1.82, 2.24) is 0 Å². The van der Waals surface area contributed by atoms with E-state index in [1.807, 2.05) is 0 Å². The lowest BCUT2D eigenvalue weighted by Gasteiger charge is -2.08. The summed E-state index contributed by atoms with van der Waals surface area (Å²) in [7, 11) is 0. The predicted molar refractivity (Wildman–Crippen MR) is 50.9 cm³/mol. The van der Waals surface area contributed by atoms with Gasteiger partial charge in [0.2, 0.25) is 0 Å². The molecule has 0 aliphatic rings. The third-order valence-electron chi connectivity index (χ3n) is 1.88. The van der Waals surface area contributed by atoms with Gasteiger partial charge in [0.1, 0.15) is 0 Å². The fraction of sp³-hybridized carbons (Fsp3) is 0.111. The topological polar surface area (TPSA) is 81.4 Å². The zero-order chi connectivity index (χ0) is 11.4. The Bertz CT molecular complexity index is 406. The standard InChI is InChI=1S/C9H9FN2O3/c1-5-6(8(13)15-10)3-2-4-7(5)12-9(11)14/h2-4H,1H3,(H3,11,12,14). The third-order valence-corrected chi connectivity index (χ3v) is 1.88.